The van der Waals surface area contributed by atoms with Gasteiger partial charge in [0.1, 0.15) is 18.7 Å². The maximum atomic E-state index is 14.4. The molecule has 0 unspecified atom stereocenters. The van der Waals surface area contributed by atoms with Gasteiger partial charge in [0.2, 0.25) is 23.6 Å². The zero-order chi connectivity index (χ0) is 48.4. The number of benzene rings is 1. The summed E-state index contributed by atoms with van der Waals surface area (Å²) in [5.74, 6) is -3.79. The quantitative estimate of drug-likeness (QED) is 0.103. The van der Waals surface area contributed by atoms with Crippen molar-refractivity contribution in [1.82, 2.24) is 30.2 Å². The summed E-state index contributed by atoms with van der Waals surface area (Å²) in [6.45, 7) is 20.3. The number of carbonyl (C=O) groups excluding carboxylic acids is 5. The summed E-state index contributed by atoms with van der Waals surface area (Å²) in [5.41, 5.74) is 0.809. The third kappa shape index (κ3) is 16.1. The first-order valence-corrected chi connectivity index (χ1v) is 23.2. The Labute approximate surface area is 383 Å². The van der Waals surface area contributed by atoms with Crippen molar-refractivity contribution in [3.8, 4) is 0 Å². The molecular formula is C48H82N6O10. The minimum atomic E-state index is -1.04. The Morgan fingerprint density at radius 1 is 0.875 bits per heavy atom. The molecule has 1 fully saturated rings. The van der Waals surface area contributed by atoms with Gasteiger partial charge in [-0.3, -0.25) is 33.8 Å². The van der Waals surface area contributed by atoms with Crippen LogP contribution in [0.2, 0.25) is 0 Å². The van der Waals surface area contributed by atoms with E-state index < -0.39 is 66.2 Å². The first-order chi connectivity index (χ1) is 30.1. The summed E-state index contributed by atoms with van der Waals surface area (Å²) in [6.07, 6.45) is 0.716. The minimum absolute atomic E-state index is 0.0105. The number of aliphatic carboxylic acids is 1. The molecule has 0 aliphatic carbocycles. The maximum Gasteiger partial charge on any atom is 0.329 e. The third-order valence-corrected chi connectivity index (χ3v) is 13.0. The summed E-state index contributed by atoms with van der Waals surface area (Å²) >= 11 is 0. The zero-order valence-electron chi connectivity index (χ0n) is 41.3. The van der Waals surface area contributed by atoms with Crippen molar-refractivity contribution >= 4 is 35.6 Å². The van der Waals surface area contributed by atoms with Crippen LogP contribution < -0.4 is 10.6 Å². The molecule has 1 heterocycles. The minimum Gasteiger partial charge on any atom is -0.480 e. The van der Waals surface area contributed by atoms with Crippen LogP contribution in [0.1, 0.15) is 100 Å². The predicted octanol–water partition coefficient (Wildman–Crippen LogP) is 4.09. The van der Waals surface area contributed by atoms with Crippen molar-refractivity contribution in [2.45, 2.75) is 150 Å². The number of likely N-dealkylation sites (tertiary alicyclic amines) is 1. The second kappa shape index (κ2) is 27.4. The van der Waals surface area contributed by atoms with E-state index in [4.69, 9.17) is 14.2 Å². The Bertz CT molecular complexity index is 1630. The lowest BCUT2D eigenvalue weighted by atomic mass is 9.89. The summed E-state index contributed by atoms with van der Waals surface area (Å²) in [5, 5.41) is 15.2. The van der Waals surface area contributed by atoms with E-state index in [0.29, 0.717) is 32.4 Å². The molecular weight excluding hydrogens is 821 g/mol. The standard InChI is InChI=1S/C48H82N6O10/c1-15-33(9)43(52(12)47(60)41(30(3)4)50-46(59)42(31(5)6)51(11)32(7)8)38(62-13)28-39(55)54-24-20-23-37(54)44(63-14)34(10)45(58)49-36(27-35-21-18-17-19-22-35)48(61)64-26-25-53(16-2)29-40(56)57/h17-19,21-22,30-34,36-38,41-44H,15-16,20,23-29H2,1-14H3,(H,49,58)(H,50,59)(H,56,57)/t33-,34+,36-,37-,38+,41-,42-,43-,44+/m0/s1. The van der Waals surface area contributed by atoms with Crippen LogP contribution in [-0.4, -0.2) is 170 Å². The monoisotopic (exact) mass is 903 g/mol. The highest BCUT2D eigenvalue weighted by Crippen LogP contribution is 2.30. The molecule has 9 atom stereocenters. The molecule has 0 saturated carbocycles. The molecule has 0 radical (unpaired) electrons. The normalized spacial score (nSPS) is 18.0. The van der Waals surface area contributed by atoms with Gasteiger partial charge in [-0.15, -0.1) is 0 Å². The highest BCUT2D eigenvalue weighted by Gasteiger charge is 2.44. The molecule has 16 nitrogen and oxygen atoms in total. The van der Waals surface area contributed by atoms with E-state index >= 15 is 0 Å². The third-order valence-electron chi connectivity index (χ3n) is 13.0. The summed E-state index contributed by atoms with van der Waals surface area (Å²) in [4.78, 5) is 88.5. The highest BCUT2D eigenvalue weighted by atomic mass is 16.5. The Morgan fingerprint density at radius 2 is 1.52 bits per heavy atom. The van der Waals surface area contributed by atoms with Crippen LogP contribution in [0.4, 0.5) is 0 Å². The van der Waals surface area contributed by atoms with Crippen LogP contribution in [-0.2, 0) is 49.4 Å². The van der Waals surface area contributed by atoms with E-state index in [1.807, 2.05) is 105 Å². The van der Waals surface area contributed by atoms with Crippen LogP contribution in [0.15, 0.2) is 30.3 Å². The number of nitrogens with zero attached hydrogens (tertiary/aromatic N) is 4. The molecule has 1 aliphatic heterocycles. The molecule has 0 bridgehead atoms. The van der Waals surface area contributed by atoms with Crippen LogP contribution in [0.25, 0.3) is 0 Å². The number of hydrogen-bond donors (Lipinski definition) is 3. The Balaban J connectivity index is 2.31. The summed E-state index contributed by atoms with van der Waals surface area (Å²) in [6, 6.07) is 6.13. The van der Waals surface area contributed by atoms with Gasteiger partial charge >= 0.3 is 11.9 Å². The van der Waals surface area contributed by atoms with Crippen LogP contribution in [0, 0.1) is 23.7 Å². The largest absolute Gasteiger partial charge is 0.480 e. The molecule has 0 aromatic heterocycles. The number of likely N-dealkylation sites (N-methyl/N-ethyl adjacent to an activating group) is 3. The molecule has 64 heavy (non-hydrogen) atoms. The summed E-state index contributed by atoms with van der Waals surface area (Å²) in [7, 11) is 6.69. The SMILES string of the molecule is CC[C@H](C)[C@@H]([C@@H](CC(=O)N1CCC[C@H]1[C@H](OC)[C@@H](C)C(=O)N[C@@H](Cc1ccccc1)C(=O)OCCN(CC)CC(=O)O)OC)N(C)C(=O)[C@@H](NC(=O)[C@H](C(C)C)N(C)C(C)C)C(C)C. The number of carboxylic acids is 1. The second-order valence-corrected chi connectivity index (χ2v) is 18.4. The number of hydrogen-bond acceptors (Lipinski definition) is 11. The Hall–Kier alpha value is -4.12. The number of ether oxygens (including phenoxy) is 3. The number of nitrogens with one attached hydrogen (secondary N) is 2. The molecule has 4 amide bonds. The average molecular weight is 903 g/mol. The van der Waals surface area contributed by atoms with Crippen LogP contribution in [0.3, 0.4) is 0 Å². The molecule has 1 aliphatic rings. The topological polar surface area (TPSA) is 187 Å². The molecule has 2 rings (SSSR count). The Morgan fingerprint density at radius 3 is 2.03 bits per heavy atom. The smallest absolute Gasteiger partial charge is 0.329 e. The van der Waals surface area contributed by atoms with Gasteiger partial charge < -0.3 is 39.8 Å². The fourth-order valence-electron chi connectivity index (χ4n) is 8.82. The fraction of sp³-hybridized carbons (Fsp3) is 0.750. The van der Waals surface area contributed by atoms with E-state index in [-0.39, 0.29) is 74.1 Å². The maximum absolute atomic E-state index is 14.4. The number of carbonyl (C=O) groups is 6. The lowest BCUT2D eigenvalue weighted by molar-refractivity contribution is -0.150. The van der Waals surface area contributed by atoms with E-state index in [0.717, 1.165) is 5.56 Å². The molecule has 0 spiro atoms. The van der Waals surface area contributed by atoms with Gasteiger partial charge in [0.05, 0.1) is 49.2 Å². The van der Waals surface area contributed by atoms with E-state index in [1.54, 1.807) is 35.8 Å². The lowest BCUT2D eigenvalue weighted by Gasteiger charge is -2.41. The first-order valence-electron chi connectivity index (χ1n) is 23.2. The molecule has 364 valence electrons. The lowest BCUT2D eigenvalue weighted by Crippen LogP contribution is -2.60. The number of rotatable bonds is 28. The molecule has 16 heteroatoms. The van der Waals surface area contributed by atoms with Crippen molar-refractivity contribution in [3.05, 3.63) is 35.9 Å². The number of carboxylic acid groups (broad SMARTS) is 1. The fourth-order valence-corrected chi connectivity index (χ4v) is 8.82. The van der Waals surface area contributed by atoms with Gasteiger partial charge in [-0.2, -0.15) is 0 Å². The van der Waals surface area contributed by atoms with Crippen molar-refractivity contribution in [3.63, 3.8) is 0 Å². The number of amides is 4. The van der Waals surface area contributed by atoms with Gasteiger partial charge in [0.15, 0.2) is 0 Å². The molecule has 1 aromatic carbocycles. The average Bonchev–Trinajstić information content (AvgIpc) is 3.74. The van der Waals surface area contributed by atoms with Crippen molar-refractivity contribution in [2.75, 3.05) is 61.1 Å². The molecule has 1 aromatic rings. The van der Waals surface area contributed by atoms with Gasteiger partial charge in [0.25, 0.3) is 0 Å². The predicted molar refractivity (Wildman–Crippen MR) is 247 cm³/mol. The van der Waals surface area contributed by atoms with E-state index in [1.165, 1.54) is 7.11 Å². The van der Waals surface area contributed by atoms with Crippen molar-refractivity contribution in [1.29, 1.82) is 0 Å². The van der Waals surface area contributed by atoms with Crippen LogP contribution >= 0.6 is 0 Å². The molecule has 3 N–H and O–H groups in total. The Kier molecular flexibility index (Phi) is 24.0. The number of methoxy groups -OCH3 is 2. The van der Waals surface area contributed by atoms with Crippen LogP contribution in [0.5, 0.6) is 0 Å². The van der Waals surface area contributed by atoms with Gasteiger partial charge in [-0.1, -0.05) is 92.1 Å². The number of esters is 1. The van der Waals surface area contributed by atoms with Gasteiger partial charge in [-0.25, -0.2) is 4.79 Å². The first kappa shape index (κ1) is 56.0. The highest BCUT2D eigenvalue weighted by molar-refractivity contribution is 5.90. The molecule has 1 saturated heterocycles. The summed E-state index contributed by atoms with van der Waals surface area (Å²) < 4.78 is 17.6. The van der Waals surface area contributed by atoms with Crippen molar-refractivity contribution < 1.29 is 48.1 Å². The van der Waals surface area contributed by atoms with E-state index in [2.05, 4.69) is 10.6 Å². The van der Waals surface area contributed by atoms with Crippen molar-refractivity contribution in [2.24, 2.45) is 23.7 Å². The van der Waals surface area contributed by atoms with Gasteiger partial charge in [-0.05, 0) is 63.6 Å². The van der Waals surface area contributed by atoms with E-state index in [9.17, 15) is 33.9 Å². The zero-order valence-corrected chi connectivity index (χ0v) is 41.3. The van der Waals surface area contributed by atoms with Gasteiger partial charge in [0, 0.05) is 46.8 Å². The second-order valence-electron chi connectivity index (χ2n) is 18.4.